The molecule has 5 heteroatoms. The summed E-state index contributed by atoms with van der Waals surface area (Å²) in [5.41, 5.74) is 5.25. The van der Waals surface area contributed by atoms with Gasteiger partial charge in [-0.2, -0.15) is 8.42 Å². The highest BCUT2D eigenvalue weighted by atomic mass is 32.2. The van der Waals surface area contributed by atoms with Crippen LogP contribution in [0.5, 0.6) is 5.75 Å². The molecule has 2 saturated carbocycles. The van der Waals surface area contributed by atoms with Crippen molar-refractivity contribution in [3.63, 3.8) is 0 Å². The molecule has 0 saturated heterocycles. The van der Waals surface area contributed by atoms with Crippen LogP contribution in [0.25, 0.3) is 0 Å². The maximum atomic E-state index is 14.2. The molecule has 0 amide bonds. The lowest BCUT2D eigenvalue weighted by molar-refractivity contribution is 0.424. The Morgan fingerprint density at radius 3 is 1.47 bits per heavy atom. The van der Waals surface area contributed by atoms with Gasteiger partial charge in [0.15, 0.2) is 0 Å². The van der Waals surface area contributed by atoms with Gasteiger partial charge in [0.2, 0.25) is 0 Å². The first-order valence-corrected chi connectivity index (χ1v) is 16.8. The predicted molar refractivity (Wildman–Crippen MR) is 162 cm³/mol. The van der Waals surface area contributed by atoms with Crippen LogP contribution in [0.1, 0.15) is 163 Å². The van der Waals surface area contributed by atoms with Gasteiger partial charge in [0, 0.05) is 4.90 Å². The second-order valence-electron chi connectivity index (χ2n) is 12.7. The van der Waals surface area contributed by atoms with E-state index in [1.807, 2.05) is 12.1 Å². The molecule has 2 aromatic carbocycles. The van der Waals surface area contributed by atoms with E-state index in [9.17, 15) is 8.42 Å². The Morgan fingerprint density at radius 1 is 0.684 bits per heavy atom. The molecule has 0 atom stereocenters. The molecule has 0 spiro atoms. The van der Waals surface area contributed by atoms with E-state index >= 15 is 0 Å². The van der Waals surface area contributed by atoms with Gasteiger partial charge >= 0.3 is 10.1 Å². The lowest BCUT2D eigenvalue weighted by atomic mass is 9.79. The summed E-state index contributed by atoms with van der Waals surface area (Å²) in [5.74, 6) is 1.76. The number of rotatable bonds is 8. The van der Waals surface area contributed by atoms with Crippen LogP contribution in [0.4, 0.5) is 0 Å². The van der Waals surface area contributed by atoms with Crippen LogP contribution in [0.2, 0.25) is 0 Å². The van der Waals surface area contributed by atoms with Crippen LogP contribution in [-0.4, -0.2) is 8.42 Å². The maximum absolute atomic E-state index is 14.2. The van der Waals surface area contributed by atoms with Crippen LogP contribution < -0.4 is 4.18 Å². The van der Waals surface area contributed by atoms with Crippen molar-refractivity contribution in [2.75, 3.05) is 0 Å². The van der Waals surface area contributed by atoms with Gasteiger partial charge in [0.25, 0.3) is 0 Å². The van der Waals surface area contributed by atoms with Crippen LogP contribution in [0.3, 0.4) is 0 Å². The average Bonchev–Trinajstić information content (AvgIpc) is 2.89. The van der Waals surface area contributed by atoms with E-state index in [-0.39, 0.29) is 11.8 Å². The van der Waals surface area contributed by atoms with Gasteiger partial charge in [-0.05, 0) is 95.2 Å². The molecule has 0 aromatic heterocycles. The molecule has 2 fully saturated rings. The van der Waals surface area contributed by atoms with Gasteiger partial charge < -0.3 is 4.18 Å². The topological polar surface area (TPSA) is 43.4 Å². The molecular formula is C33H48O3S2. The zero-order chi connectivity index (χ0) is 27.6. The number of thiol groups is 1. The largest absolute Gasteiger partial charge is 0.379 e. The Bertz CT molecular complexity index is 1150. The molecule has 0 heterocycles. The van der Waals surface area contributed by atoms with Gasteiger partial charge in [-0.3, -0.25) is 0 Å². The standard InChI is InChI=1S/C33H48O3S2/c1-21(2)26-17-28(22(3)4)33(29(18-26)23(5)6)38(34,35)36-27-19-30(24-13-9-7-10-14-24)32(37)31(20-27)25-15-11-8-12-16-25/h17-25,37H,7-16H2,1-6H3. The molecule has 0 aliphatic heterocycles. The van der Waals surface area contributed by atoms with Gasteiger partial charge in [0.05, 0.1) is 0 Å². The molecule has 0 unspecified atom stereocenters. The molecule has 4 rings (SSSR count). The Morgan fingerprint density at radius 2 is 1.11 bits per heavy atom. The highest BCUT2D eigenvalue weighted by Crippen LogP contribution is 2.45. The van der Waals surface area contributed by atoms with E-state index in [2.05, 4.69) is 53.7 Å². The van der Waals surface area contributed by atoms with Crippen molar-refractivity contribution in [1.82, 2.24) is 0 Å². The Balaban J connectivity index is 1.83. The molecule has 2 aromatic rings. The quantitative estimate of drug-likeness (QED) is 0.260. The van der Waals surface area contributed by atoms with Gasteiger partial charge in [-0.1, -0.05) is 92.2 Å². The molecular weight excluding hydrogens is 508 g/mol. The molecule has 0 bridgehead atoms. The second-order valence-corrected chi connectivity index (χ2v) is 14.6. The van der Waals surface area contributed by atoms with Crippen molar-refractivity contribution >= 4 is 22.7 Å². The van der Waals surface area contributed by atoms with Gasteiger partial charge in [0.1, 0.15) is 10.6 Å². The van der Waals surface area contributed by atoms with Crippen molar-refractivity contribution in [2.24, 2.45) is 0 Å². The highest BCUT2D eigenvalue weighted by molar-refractivity contribution is 7.87. The molecule has 0 radical (unpaired) electrons. The summed E-state index contributed by atoms with van der Waals surface area (Å²) >= 11 is 5.07. The summed E-state index contributed by atoms with van der Waals surface area (Å²) in [5, 5.41) is 0. The minimum absolute atomic E-state index is 0.0648. The van der Waals surface area contributed by atoms with E-state index in [0.717, 1.165) is 41.7 Å². The molecule has 38 heavy (non-hydrogen) atoms. The van der Waals surface area contributed by atoms with Crippen LogP contribution in [0, 0.1) is 0 Å². The molecule has 2 aliphatic carbocycles. The predicted octanol–water partition coefficient (Wildman–Crippen LogP) is 10.2. The first kappa shape index (κ1) is 29.5. The molecule has 0 N–H and O–H groups in total. The van der Waals surface area contributed by atoms with E-state index in [1.54, 1.807) is 0 Å². The lowest BCUT2D eigenvalue weighted by Crippen LogP contribution is -2.18. The van der Waals surface area contributed by atoms with E-state index < -0.39 is 10.1 Å². The van der Waals surface area contributed by atoms with Crippen molar-refractivity contribution in [3.05, 3.63) is 52.1 Å². The van der Waals surface area contributed by atoms with E-state index in [4.69, 9.17) is 16.8 Å². The van der Waals surface area contributed by atoms with Crippen molar-refractivity contribution in [1.29, 1.82) is 0 Å². The van der Waals surface area contributed by atoms with Crippen molar-refractivity contribution in [2.45, 2.75) is 145 Å². The maximum Gasteiger partial charge on any atom is 0.339 e. The summed E-state index contributed by atoms with van der Waals surface area (Å²) in [6.07, 6.45) is 12.0. The smallest absolute Gasteiger partial charge is 0.339 e. The van der Waals surface area contributed by atoms with Crippen LogP contribution >= 0.6 is 12.6 Å². The molecule has 210 valence electrons. The minimum atomic E-state index is -4.04. The average molecular weight is 557 g/mol. The summed E-state index contributed by atoms with van der Waals surface area (Å²) in [6, 6.07) is 8.15. The van der Waals surface area contributed by atoms with Gasteiger partial charge in [-0.25, -0.2) is 0 Å². The third-order valence-electron chi connectivity index (χ3n) is 8.77. The first-order valence-electron chi connectivity index (χ1n) is 15.0. The Labute approximate surface area is 237 Å². The minimum Gasteiger partial charge on any atom is -0.379 e. The zero-order valence-corrected chi connectivity index (χ0v) is 26.1. The fourth-order valence-electron chi connectivity index (χ4n) is 6.50. The third kappa shape index (κ3) is 6.46. The molecule has 2 aliphatic rings. The lowest BCUT2D eigenvalue weighted by Gasteiger charge is -2.29. The number of hydrogen-bond donors (Lipinski definition) is 1. The van der Waals surface area contributed by atoms with Crippen molar-refractivity contribution < 1.29 is 12.6 Å². The monoisotopic (exact) mass is 556 g/mol. The summed E-state index contributed by atoms with van der Waals surface area (Å²) in [7, 11) is -4.04. The fraction of sp³-hybridized carbons (Fsp3) is 0.636. The van der Waals surface area contributed by atoms with Gasteiger partial charge in [-0.15, -0.1) is 12.6 Å². The number of hydrogen-bond acceptors (Lipinski definition) is 4. The normalized spacial score (nSPS) is 18.1. The summed E-state index contributed by atoms with van der Waals surface area (Å²) in [6.45, 7) is 12.6. The van der Waals surface area contributed by atoms with Crippen LogP contribution in [-0.2, 0) is 10.1 Å². The zero-order valence-electron chi connectivity index (χ0n) is 24.3. The fourth-order valence-corrected chi connectivity index (χ4v) is 8.59. The summed E-state index contributed by atoms with van der Waals surface area (Å²) in [4.78, 5) is 1.43. The van der Waals surface area contributed by atoms with E-state index in [0.29, 0.717) is 28.4 Å². The van der Waals surface area contributed by atoms with Crippen LogP contribution in [0.15, 0.2) is 34.1 Å². The SMILES string of the molecule is CC(C)c1cc(C(C)C)c(S(=O)(=O)Oc2cc(C3CCCCC3)c(S)c(C3CCCCC3)c2)c(C(C)C)c1. The van der Waals surface area contributed by atoms with Crippen molar-refractivity contribution in [3.8, 4) is 5.75 Å². The molecule has 3 nitrogen and oxygen atoms in total. The third-order valence-corrected chi connectivity index (χ3v) is 10.7. The highest BCUT2D eigenvalue weighted by Gasteiger charge is 2.31. The summed E-state index contributed by atoms with van der Waals surface area (Å²) < 4.78 is 34.4. The second kappa shape index (κ2) is 12.4. The Kier molecular flexibility index (Phi) is 9.61. The Hall–Kier alpha value is -1.46. The number of benzene rings is 2. The van der Waals surface area contributed by atoms with E-state index in [1.165, 1.54) is 55.2 Å². The first-order chi connectivity index (χ1) is 18.0.